The Labute approximate surface area is 209 Å². The fourth-order valence-electron chi connectivity index (χ4n) is 4.04. The molecule has 0 saturated heterocycles. The molecule has 13 heteroatoms. The van der Waals surface area contributed by atoms with Gasteiger partial charge in [-0.25, -0.2) is 4.79 Å². The number of carboxylic acid groups (broad SMARTS) is 1. The van der Waals surface area contributed by atoms with Crippen molar-refractivity contribution in [2.75, 3.05) is 11.4 Å². The minimum absolute atomic E-state index is 0.0202. The van der Waals surface area contributed by atoms with Crippen molar-refractivity contribution < 1.29 is 41.0 Å². The van der Waals surface area contributed by atoms with Crippen LogP contribution < -0.4 is 4.90 Å². The average Bonchev–Trinajstić information content (AvgIpc) is 2.90. The van der Waals surface area contributed by atoms with Gasteiger partial charge in [-0.2, -0.15) is 26.3 Å². The lowest BCUT2D eigenvalue weighted by molar-refractivity contribution is -0.143. The quantitative estimate of drug-likeness (QED) is 0.378. The molecule has 1 unspecified atom stereocenters. The van der Waals surface area contributed by atoms with Gasteiger partial charge in [0, 0.05) is 24.5 Å². The van der Waals surface area contributed by atoms with Gasteiger partial charge in [0.15, 0.2) is 0 Å². The summed E-state index contributed by atoms with van der Waals surface area (Å²) in [6.45, 7) is 0.646. The van der Waals surface area contributed by atoms with Crippen LogP contribution in [-0.4, -0.2) is 28.6 Å². The normalized spacial score (nSPS) is 16.5. The molecular weight excluding hydrogens is 570 g/mol. The zero-order valence-corrected chi connectivity index (χ0v) is 20.3. The van der Waals surface area contributed by atoms with Gasteiger partial charge in [-0.3, -0.25) is 9.69 Å². The van der Waals surface area contributed by atoms with Gasteiger partial charge in [0.2, 0.25) is 5.91 Å². The first-order valence-corrected chi connectivity index (χ1v) is 11.3. The van der Waals surface area contributed by atoms with Gasteiger partial charge < -0.3 is 10.0 Å². The van der Waals surface area contributed by atoms with Crippen LogP contribution in [0, 0.1) is 0 Å². The second-order valence-electron chi connectivity index (χ2n) is 7.98. The van der Waals surface area contributed by atoms with E-state index in [2.05, 4.69) is 15.9 Å². The van der Waals surface area contributed by atoms with Crippen molar-refractivity contribution in [1.29, 1.82) is 0 Å². The van der Waals surface area contributed by atoms with Crippen LogP contribution in [0.25, 0.3) is 0 Å². The molecule has 2 amide bonds. The highest BCUT2D eigenvalue weighted by molar-refractivity contribution is 9.10. The standard InChI is InChI=1S/C22H18BrClF6N2O3/c1-11(33)32(10-12-5-13(21(25,26)27)7-14(6-12)22(28,29)30)18-3-2-4-31(20(34)35)19-9-17(24)16(23)8-15(18)19/h5-9,18H,2-4,10H2,1H3,(H,34,35). The number of amides is 2. The maximum absolute atomic E-state index is 13.3. The van der Waals surface area contributed by atoms with Crippen molar-refractivity contribution >= 4 is 45.2 Å². The van der Waals surface area contributed by atoms with Gasteiger partial charge in [-0.05, 0) is 70.2 Å². The number of benzene rings is 2. The van der Waals surface area contributed by atoms with Gasteiger partial charge in [0.05, 0.1) is 27.9 Å². The molecule has 0 radical (unpaired) electrons. The van der Waals surface area contributed by atoms with E-state index in [1.165, 1.54) is 12.1 Å². The SMILES string of the molecule is CC(=O)N(Cc1cc(C(F)(F)F)cc(C(F)(F)F)c1)C1CCCN(C(=O)O)c2cc(Cl)c(Br)cc21. The van der Waals surface area contributed by atoms with Crippen LogP contribution in [0.4, 0.5) is 36.8 Å². The van der Waals surface area contributed by atoms with Crippen molar-refractivity contribution in [3.8, 4) is 0 Å². The smallest absolute Gasteiger partial charge is 0.416 e. The van der Waals surface area contributed by atoms with E-state index in [9.17, 15) is 41.0 Å². The minimum Gasteiger partial charge on any atom is -0.465 e. The third-order valence-electron chi connectivity index (χ3n) is 5.59. The lowest BCUT2D eigenvalue weighted by Crippen LogP contribution is -2.33. The largest absolute Gasteiger partial charge is 0.465 e. The summed E-state index contributed by atoms with van der Waals surface area (Å²) >= 11 is 9.40. The molecule has 1 aliphatic rings. The molecule has 1 heterocycles. The Balaban J connectivity index is 2.13. The van der Waals surface area contributed by atoms with Crippen LogP contribution in [-0.2, 0) is 23.7 Å². The maximum Gasteiger partial charge on any atom is 0.416 e. The molecule has 0 saturated carbocycles. The molecular formula is C22H18BrClF6N2O3. The second kappa shape index (κ2) is 9.88. The monoisotopic (exact) mass is 586 g/mol. The highest BCUT2D eigenvalue weighted by Gasteiger charge is 2.38. The molecule has 1 atom stereocenters. The van der Waals surface area contributed by atoms with Crippen LogP contribution in [0.2, 0.25) is 5.02 Å². The first-order chi connectivity index (χ1) is 16.1. The van der Waals surface area contributed by atoms with Gasteiger partial charge in [0.25, 0.3) is 0 Å². The first kappa shape index (κ1) is 27.1. The molecule has 0 bridgehead atoms. The number of carbonyl (C=O) groups is 2. The Bertz CT molecular complexity index is 1120. The Hall–Kier alpha value is -2.47. The second-order valence-corrected chi connectivity index (χ2v) is 9.24. The topological polar surface area (TPSA) is 60.9 Å². The molecule has 0 aliphatic carbocycles. The number of anilines is 1. The molecule has 0 aromatic heterocycles. The van der Waals surface area contributed by atoms with Crippen molar-refractivity contribution in [2.24, 2.45) is 0 Å². The molecule has 2 aromatic carbocycles. The Morgan fingerprint density at radius 3 is 2.14 bits per heavy atom. The number of carbonyl (C=O) groups excluding carboxylic acids is 1. The highest BCUT2D eigenvalue weighted by Crippen LogP contribution is 2.42. The van der Waals surface area contributed by atoms with Crippen LogP contribution in [0.15, 0.2) is 34.8 Å². The number of nitrogens with zero attached hydrogens (tertiary/aromatic N) is 2. The fraction of sp³-hybridized carbons (Fsp3) is 0.364. The van der Waals surface area contributed by atoms with Gasteiger partial charge in [-0.1, -0.05) is 11.6 Å². The molecule has 3 rings (SSSR count). The predicted octanol–water partition coefficient (Wildman–Crippen LogP) is 7.51. The highest BCUT2D eigenvalue weighted by atomic mass is 79.9. The number of rotatable bonds is 3. The Morgan fingerprint density at radius 1 is 1.09 bits per heavy atom. The van der Waals surface area contributed by atoms with Crippen LogP contribution in [0.3, 0.4) is 0 Å². The summed E-state index contributed by atoms with van der Waals surface area (Å²) < 4.78 is 80.3. The molecule has 190 valence electrons. The third-order valence-corrected chi connectivity index (χ3v) is 6.79. The first-order valence-electron chi connectivity index (χ1n) is 10.1. The summed E-state index contributed by atoms with van der Waals surface area (Å²) in [6.07, 6.45) is -10.8. The number of hydrogen-bond donors (Lipinski definition) is 1. The molecule has 35 heavy (non-hydrogen) atoms. The van der Waals surface area contributed by atoms with Gasteiger partial charge >= 0.3 is 18.4 Å². The van der Waals surface area contributed by atoms with Gasteiger partial charge in [-0.15, -0.1) is 0 Å². The minimum atomic E-state index is -5.03. The third kappa shape index (κ3) is 6.03. The summed E-state index contributed by atoms with van der Waals surface area (Å²) in [7, 11) is 0. The zero-order valence-electron chi connectivity index (χ0n) is 18.0. The summed E-state index contributed by atoms with van der Waals surface area (Å²) in [6, 6.07) is 3.23. The lowest BCUT2D eigenvalue weighted by Gasteiger charge is -2.32. The van der Waals surface area contributed by atoms with Crippen LogP contribution in [0.5, 0.6) is 0 Å². The molecule has 0 spiro atoms. The van der Waals surface area contributed by atoms with E-state index in [1.807, 2.05) is 0 Å². The lowest BCUT2D eigenvalue weighted by atomic mass is 9.98. The maximum atomic E-state index is 13.3. The van der Waals surface area contributed by atoms with E-state index in [1.54, 1.807) is 0 Å². The van der Waals surface area contributed by atoms with E-state index in [-0.39, 0.29) is 41.7 Å². The number of halogens is 8. The molecule has 2 aromatic rings. The summed E-state index contributed by atoms with van der Waals surface area (Å²) in [4.78, 5) is 26.6. The van der Waals surface area contributed by atoms with Crippen molar-refractivity contribution in [3.63, 3.8) is 0 Å². The van der Waals surface area contributed by atoms with E-state index >= 15 is 0 Å². The van der Waals surface area contributed by atoms with E-state index in [4.69, 9.17) is 11.6 Å². The van der Waals surface area contributed by atoms with Crippen molar-refractivity contribution in [1.82, 2.24) is 4.90 Å². The van der Waals surface area contributed by atoms with Crippen LogP contribution in [0.1, 0.15) is 48.1 Å². The average molecular weight is 588 g/mol. The van der Waals surface area contributed by atoms with E-state index < -0.39 is 48.1 Å². The predicted molar refractivity (Wildman–Crippen MR) is 119 cm³/mol. The van der Waals surface area contributed by atoms with E-state index in [0.717, 1.165) is 16.7 Å². The van der Waals surface area contributed by atoms with Crippen molar-refractivity contribution in [3.05, 3.63) is 62.1 Å². The van der Waals surface area contributed by atoms with Crippen molar-refractivity contribution in [2.45, 2.75) is 44.7 Å². The molecule has 5 nitrogen and oxygen atoms in total. The zero-order chi connectivity index (χ0) is 26.3. The summed E-state index contributed by atoms with van der Waals surface area (Å²) in [5, 5.41) is 9.82. The summed E-state index contributed by atoms with van der Waals surface area (Å²) in [5.41, 5.74) is -2.81. The number of hydrogen-bond acceptors (Lipinski definition) is 2. The van der Waals surface area contributed by atoms with Gasteiger partial charge in [0.1, 0.15) is 0 Å². The molecule has 0 fully saturated rings. The summed E-state index contributed by atoms with van der Waals surface area (Å²) in [5.74, 6) is -0.609. The van der Waals surface area contributed by atoms with Crippen LogP contribution >= 0.6 is 27.5 Å². The fourth-order valence-corrected chi connectivity index (χ4v) is 4.56. The Morgan fingerprint density at radius 2 is 1.66 bits per heavy atom. The van der Waals surface area contributed by atoms with E-state index in [0.29, 0.717) is 22.2 Å². The molecule has 1 aliphatic heterocycles. The molecule has 1 N–H and O–H groups in total. The Kier molecular flexibility index (Phi) is 7.66. The number of alkyl halides is 6. The number of fused-ring (bicyclic) bond motifs is 1.